The normalized spacial score (nSPS) is 11.1. The maximum absolute atomic E-state index is 12.9. The molecule has 0 atom stereocenters. The third-order valence-electron chi connectivity index (χ3n) is 12.0. The van der Waals surface area contributed by atoms with Gasteiger partial charge in [0.1, 0.15) is 0 Å². The molecule has 69 heavy (non-hydrogen) atoms. The highest BCUT2D eigenvalue weighted by Gasteiger charge is 2.28. The SMILES string of the molecule is NC(=O)c1cccc2c1c1c(C(=O)C(=O)O)cc(-c3ccc(Cl)cc3)cc1n2Cc1ccccc1.NC(=O)c1cccc2c1c1c(C(=O)C(=O)O)cc(-c3ccccc3)cc1n2Cc1ccccc1. The maximum atomic E-state index is 12.9. The van der Waals surface area contributed by atoms with E-state index < -0.39 is 35.3 Å². The standard InChI is InChI=1S/C28H19ClN2O4.C28H20N2O4/c29-19-11-9-17(10-12-19)18-13-21(26(32)28(34)35)25-23(14-18)31(15-16-5-2-1-3-6-16)22-8-4-7-20(24(22)25)27(30)33;29-27(32)20-12-7-13-22-24(20)25-21(26(31)28(33)34)14-19(18-10-5-2-6-11-18)15-23(25)30(22)16-17-8-3-1-4-9-17/h1-14H,15H2,(H2,30,33)(H,34,35);1-15H,16H2,(H2,29,32)(H,33,34). The Balaban J connectivity index is 0.000000172. The summed E-state index contributed by atoms with van der Waals surface area (Å²) in [5, 5.41) is 21.5. The fourth-order valence-electron chi connectivity index (χ4n) is 9.00. The summed E-state index contributed by atoms with van der Waals surface area (Å²) in [5.41, 5.74) is 19.5. The molecule has 0 saturated heterocycles. The lowest BCUT2D eigenvalue weighted by Crippen LogP contribution is -2.14. The van der Waals surface area contributed by atoms with Crippen molar-refractivity contribution in [1.82, 2.24) is 9.13 Å². The number of hydrogen-bond donors (Lipinski definition) is 4. The number of carboxylic acids is 2. The van der Waals surface area contributed by atoms with E-state index in [1.54, 1.807) is 60.7 Å². The zero-order valence-corrected chi connectivity index (χ0v) is 37.2. The van der Waals surface area contributed by atoms with Crippen molar-refractivity contribution < 1.29 is 39.0 Å². The number of carbonyl (C=O) groups excluding carboxylic acids is 4. The van der Waals surface area contributed by atoms with E-state index >= 15 is 0 Å². The fourth-order valence-corrected chi connectivity index (χ4v) is 9.12. The average Bonchev–Trinajstić information content (AvgIpc) is 3.85. The summed E-state index contributed by atoms with van der Waals surface area (Å²) in [4.78, 5) is 74.2. The molecule has 0 aliphatic carbocycles. The summed E-state index contributed by atoms with van der Waals surface area (Å²) in [6.45, 7) is 0.899. The van der Waals surface area contributed by atoms with Crippen LogP contribution in [0.15, 0.2) is 176 Å². The van der Waals surface area contributed by atoms with E-state index in [1.807, 2.05) is 124 Å². The van der Waals surface area contributed by atoms with E-state index in [4.69, 9.17) is 23.1 Å². The number of carbonyl (C=O) groups is 6. The molecule has 12 nitrogen and oxygen atoms in total. The molecule has 8 aromatic carbocycles. The molecule has 0 aliphatic heterocycles. The van der Waals surface area contributed by atoms with Crippen molar-refractivity contribution in [1.29, 1.82) is 0 Å². The first-order valence-corrected chi connectivity index (χ1v) is 21.9. The van der Waals surface area contributed by atoms with E-state index in [-0.39, 0.29) is 22.3 Å². The number of fused-ring (bicyclic) bond motifs is 6. The van der Waals surface area contributed by atoms with E-state index in [2.05, 4.69) is 0 Å². The Kier molecular flexibility index (Phi) is 12.2. The lowest BCUT2D eigenvalue weighted by molar-refractivity contribution is -0.132. The lowest BCUT2D eigenvalue weighted by atomic mass is 9.95. The minimum Gasteiger partial charge on any atom is -0.475 e. The monoisotopic (exact) mass is 930 g/mol. The highest BCUT2D eigenvalue weighted by Crippen LogP contribution is 2.40. The molecule has 0 bridgehead atoms. The van der Waals surface area contributed by atoms with Crippen LogP contribution >= 0.6 is 11.6 Å². The Hall–Kier alpha value is -9.13. The number of nitrogens with two attached hydrogens (primary N) is 2. The van der Waals surface area contributed by atoms with Gasteiger partial charge < -0.3 is 30.8 Å². The summed E-state index contributed by atoms with van der Waals surface area (Å²) in [6, 6.07) is 53.3. The highest BCUT2D eigenvalue weighted by molar-refractivity contribution is 6.45. The molecular weight excluding hydrogens is 892 g/mol. The van der Waals surface area contributed by atoms with E-state index in [1.165, 1.54) is 0 Å². The number of benzene rings is 8. The zero-order chi connectivity index (χ0) is 48.5. The second kappa shape index (κ2) is 18.6. The number of aromatic nitrogens is 2. The third kappa shape index (κ3) is 8.59. The van der Waals surface area contributed by atoms with Gasteiger partial charge in [-0.1, -0.05) is 127 Å². The first-order chi connectivity index (χ1) is 33.3. The number of rotatable bonds is 12. The fraction of sp³-hybridized carbons (Fsp3) is 0.0357. The molecule has 2 aromatic heterocycles. The summed E-state index contributed by atoms with van der Waals surface area (Å²) in [7, 11) is 0. The number of nitrogens with zero attached hydrogens (tertiary/aromatic N) is 2. The van der Waals surface area contributed by atoms with Gasteiger partial charge in [0.25, 0.3) is 11.6 Å². The van der Waals surface area contributed by atoms with Crippen LogP contribution < -0.4 is 11.5 Å². The van der Waals surface area contributed by atoms with Crippen LogP contribution in [-0.2, 0) is 22.7 Å². The predicted octanol–water partition coefficient (Wildman–Crippen LogP) is 10.4. The second-order valence-electron chi connectivity index (χ2n) is 16.2. The molecule has 2 heterocycles. The minimum atomic E-state index is -1.58. The number of halogens is 1. The number of hydrogen-bond acceptors (Lipinski definition) is 6. The summed E-state index contributed by atoms with van der Waals surface area (Å²) in [5.74, 6) is -6.56. The van der Waals surface area contributed by atoms with E-state index in [0.717, 1.165) is 22.3 Å². The Morgan fingerprint density at radius 1 is 0.391 bits per heavy atom. The van der Waals surface area contributed by atoms with Crippen molar-refractivity contribution in [2.45, 2.75) is 13.1 Å². The summed E-state index contributed by atoms with van der Waals surface area (Å²) >= 11 is 6.05. The van der Waals surface area contributed by atoms with Crippen LogP contribution in [0.1, 0.15) is 52.6 Å². The Morgan fingerprint density at radius 3 is 1.13 bits per heavy atom. The molecule has 0 radical (unpaired) electrons. The topological polar surface area (TPSA) is 205 Å². The first-order valence-electron chi connectivity index (χ1n) is 21.5. The van der Waals surface area contributed by atoms with Crippen LogP contribution in [0.25, 0.3) is 65.9 Å². The smallest absolute Gasteiger partial charge is 0.377 e. The van der Waals surface area contributed by atoms with Crippen LogP contribution in [0.5, 0.6) is 0 Å². The van der Waals surface area contributed by atoms with E-state index in [9.17, 15) is 39.0 Å². The van der Waals surface area contributed by atoms with Gasteiger partial charge in [0, 0.05) is 61.9 Å². The Morgan fingerprint density at radius 2 is 0.754 bits per heavy atom. The molecule has 338 valence electrons. The molecule has 0 saturated carbocycles. The van der Waals surface area contributed by atoms with Gasteiger partial charge >= 0.3 is 11.9 Å². The quantitative estimate of drug-likeness (QED) is 0.0684. The van der Waals surface area contributed by atoms with Crippen molar-refractivity contribution in [3.05, 3.63) is 214 Å². The van der Waals surface area contributed by atoms with Crippen molar-refractivity contribution in [2.24, 2.45) is 11.5 Å². The van der Waals surface area contributed by atoms with E-state index in [0.29, 0.717) is 72.9 Å². The van der Waals surface area contributed by atoms with Gasteiger partial charge in [-0.15, -0.1) is 0 Å². The van der Waals surface area contributed by atoms with Crippen molar-refractivity contribution in [3.63, 3.8) is 0 Å². The third-order valence-corrected chi connectivity index (χ3v) is 12.3. The number of primary amides is 2. The van der Waals surface area contributed by atoms with Gasteiger partial charge in [0.2, 0.25) is 11.8 Å². The van der Waals surface area contributed by atoms with Gasteiger partial charge in [-0.3, -0.25) is 19.2 Å². The average molecular weight is 931 g/mol. The molecule has 13 heteroatoms. The van der Waals surface area contributed by atoms with Crippen LogP contribution in [0, 0.1) is 0 Å². The number of amides is 2. The molecule has 10 aromatic rings. The minimum absolute atomic E-state index is 0.00883. The zero-order valence-electron chi connectivity index (χ0n) is 36.4. The molecule has 0 spiro atoms. The van der Waals surface area contributed by atoms with Gasteiger partial charge in [-0.05, 0) is 94.0 Å². The predicted molar refractivity (Wildman–Crippen MR) is 267 cm³/mol. The van der Waals surface area contributed by atoms with Crippen LogP contribution in [0.2, 0.25) is 5.02 Å². The molecular formula is C56H39ClN4O8. The van der Waals surface area contributed by atoms with Gasteiger partial charge in [-0.25, -0.2) is 9.59 Å². The summed E-state index contributed by atoms with van der Waals surface area (Å²) < 4.78 is 3.97. The number of carboxylic acid groups (broad SMARTS) is 2. The number of Topliss-reactive ketones (excluding diaryl/α,β-unsaturated/α-hetero) is 2. The summed E-state index contributed by atoms with van der Waals surface area (Å²) in [6.07, 6.45) is 0. The van der Waals surface area contributed by atoms with Gasteiger partial charge in [0.05, 0.1) is 22.1 Å². The Labute approximate surface area is 398 Å². The van der Waals surface area contributed by atoms with Crippen molar-refractivity contribution >= 4 is 90.5 Å². The highest BCUT2D eigenvalue weighted by atomic mass is 35.5. The molecule has 0 fully saturated rings. The van der Waals surface area contributed by atoms with Gasteiger partial charge in [-0.2, -0.15) is 0 Å². The number of aliphatic carboxylic acids is 2. The lowest BCUT2D eigenvalue weighted by Gasteiger charge is -2.11. The molecule has 0 unspecified atom stereocenters. The van der Waals surface area contributed by atoms with Crippen LogP contribution in [-0.4, -0.2) is 54.7 Å². The van der Waals surface area contributed by atoms with Crippen molar-refractivity contribution in [2.75, 3.05) is 0 Å². The Bertz CT molecular complexity index is 3720. The van der Waals surface area contributed by atoms with Crippen molar-refractivity contribution in [3.8, 4) is 22.3 Å². The second-order valence-corrected chi connectivity index (χ2v) is 16.7. The molecule has 2 amide bonds. The van der Waals surface area contributed by atoms with Gasteiger partial charge in [0.15, 0.2) is 0 Å². The molecule has 0 aliphatic rings. The molecule has 10 rings (SSSR count). The van der Waals surface area contributed by atoms with Crippen LogP contribution in [0.3, 0.4) is 0 Å². The molecule has 6 N–H and O–H groups in total. The first kappa shape index (κ1) is 45.0. The maximum Gasteiger partial charge on any atom is 0.377 e. The largest absolute Gasteiger partial charge is 0.475 e. The van der Waals surface area contributed by atoms with Crippen LogP contribution in [0.4, 0.5) is 0 Å². The number of ketones is 2.